The van der Waals surface area contributed by atoms with Crippen molar-refractivity contribution in [2.75, 3.05) is 12.0 Å². The van der Waals surface area contributed by atoms with Crippen LogP contribution in [0, 0.1) is 5.82 Å². The van der Waals surface area contributed by atoms with Crippen LogP contribution >= 0.6 is 0 Å². The predicted molar refractivity (Wildman–Crippen MR) is 67.8 cm³/mol. The zero-order valence-corrected chi connectivity index (χ0v) is 11.1. The largest absolute Gasteiger partial charge is 0.504 e. The molecule has 1 heterocycles. The highest BCUT2D eigenvalue weighted by atomic mass is 32.2. The SMILES string of the molecule is Cn1nc(-c2ccc(S(C)(=O)=O)c(F)c2O)cc1N. The van der Waals surface area contributed by atoms with Gasteiger partial charge in [-0.25, -0.2) is 12.8 Å². The lowest BCUT2D eigenvalue weighted by Crippen LogP contribution is -2.01. The second-order valence-electron chi connectivity index (χ2n) is 4.12. The van der Waals surface area contributed by atoms with E-state index in [-0.39, 0.29) is 11.3 Å². The van der Waals surface area contributed by atoms with Crippen molar-refractivity contribution in [3.8, 4) is 17.0 Å². The third-order valence-electron chi connectivity index (χ3n) is 2.67. The Morgan fingerprint density at radius 1 is 1.42 bits per heavy atom. The predicted octanol–water partition coefficient (Wildman–Crippen LogP) is 0.917. The van der Waals surface area contributed by atoms with Crippen LogP contribution in [-0.4, -0.2) is 29.6 Å². The van der Waals surface area contributed by atoms with Crippen molar-refractivity contribution in [1.29, 1.82) is 0 Å². The summed E-state index contributed by atoms with van der Waals surface area (Å²) >= 11 is 0. The first-order chi connectivity index (χ1) is 8.71. The molecule has 0 radical (unpaired) electrons. The van der Waals surface area contributed by atoms with Gasteiger partial charge in [0.1, 0.15) is 10.7 Å². The number of nitrogens with two attached hydrogens (primary N) is 1. The Kier molecular flexibility index (Phi) is 2.97. The Hall–Kier alpha value is -2.09. The number of hydrogen-bond acceptors (Lipinski definition) is 5. The van der Waals surface area contributed by atoms with Gasteiger partial charge in [0, 0.05) is 24.9 Å². The summed E-state index contributed by atoms with van der Waals surface area (Å²) in [6, 6.07) is 3.83. The maximum Gasteiger partial charge on any atom is 0.184 e. The molecular weight excluding hydrogens is 273 g/mol. The van der Waals surface area contributed by atoms with Gasteiger partial charge in [-0.2, -0.15) is 5.10 Å². The standard InChI is InChI=1S/C11H12FN3O3S/c1-15-9(13)5-7(14-15)6-3-4-8(19(2,17)18)10(12)11(6)16/h3-5,16H,13H2,1-2H3. The summed E-state index contributed by atoms with van der Waals surface area (Å²) in [5, 5.41) is 13.8. The number of aromatic hydroxyl groups is 1. The minimum Gasteiger partial charge on any atom is -0.504 e. The van der Waals surface area contributed by atoms with Gasteiger partial charge in [-0.1, -0.05) is 0 Å². The first-order valence-corrected chi connectivity index (χ1v) is 7.12. The van der Waals surface area contributed by atoms with Crippen LogP contribution in [0.5, 0.6) is 5.75 Å². The lowest BCUT2D eigenvalue weighted by molar-refractivity contribution is 0.424. The second kappa shape index (κ2) is 4.23. The van der Waals surface area contributed by atoms with E-state index in [1.54, 1.807) is 7.05 Å². The van der Waals surface area contributed by atoms with Gasteiger partial charge in [-0.15, -0.1) is 0 Å². The normalized spacial score (nSPS) is 11.7. The van der Waals surface area contributed by atoms with E-state index < -0.39 is 26.3 Å². The quantitative estimate of drug-likeness (QED) is 0.855. The maximum atomic E-state index is 13.9. The van der Waals surface area contributed by atoms with Crippen LogP contribution in [0.4, 0.5) is 10.2 Å². The zero-order chi connectivity index (χ0) is 14.4. The first-order valence-electron chi connectivity index (χ1n) is 5.23. The number of aromatic nitrogens is 2. The number of halogens is 1. The summed E-state index contributed by atoms with van der Waals surface area (Å²) in [4.78, 5) is -0.558. The fraction of sp³-hybridized carbons (Fsp3) is 0.182. The van der Waals surface area contributed by atoms with Crippen molar-refractivity contribution in [2.45, 2.75) is 4.90 Å². The van der Waals surface area contributed by atoms with Crippen molar-refractivity contribution in [3.63, 3.8) is 0 Å². The number of aryl methyl sites for hydroxylation is 1. The number of sulfone groups is 1. The molecule has 0 spiro atoms. The number of hydrogen-bond donors (Lipinski definition) is 2. The molecule has 3 N–H and O–H groups in total. The Morgan fingerprint density at radius 2 is 2.05 bits per heavy atom. The molecule has 102 valence electrons. The average Bonchev–Trinajstić information content (AvgIpc) is 2.61. The molecule has 2 rings (SSSR count). The van der Waals surface area contributed by atoms with Crippen LogP contribution in [0.2, 0.25) is 0 Å². The fourth-order valence-electron chi connectivity index (χ4n) is 1.65. The summed E-state index contributed by atoms with van der Waals surface area (Å²) in [5.41, 5.74) is 5.94. The van der Waals surface area contributed by atoms with Gasteiger partial charge in [0.15, 0.2) is 21.4 Å². The van der Waals surface area contributed by atoms with Crippen LogP contribution in [0.1, 0.15) is 0 Å². The van der Waals surface area contributed by atoms with Gasteiger partial charge < -0.3 is 10.8 Å². The molecule has 0 saturated heterocycles. The summed E-state index contributed by atoms with van der Waals surface area (Å²) in [6.07, 6.45) is 0.864. The van der Waals surface area contributed by atoms with Crippen LogP contribution in [0.15, 0.2) is 23.1 Å². The molecule has 8 heteroatoms. The fourth-order valence-corrected chi connectivity index (χ4v) is 2.39. The third kappa shape index (κ3) is 2.26. The molecule has 0 aliphatic rings. The molecule has 1 aromatic carbocycles. The lowest BCUT2D eigenvalue weighted by Gasteiger charge is -2.06. The number of rotatable bonds is 2. The van der Waals surface area contributed by atoms with Gasteiger partial charge in [-0.05, 0) is 12.1 Å². The summed E-state index contributed by atoms with van der Waals surface area (Å²) in [6.45, 7) is 0. The van der Waals surface area contributed by atoms with E-state index in [1.165, 1.54) is 16.8 Å². The molecule has 0 unspecified atom stereocenters. The molecule has 0 aliphatic heterocycles. The topological polar surface area (TPSA) is 98.2 Å². The smallest absolute Gasteiger partial charge is 0.184 e. The van der Waals surface area contributed by atoms with E-state index in [2.05, 4.69) is 5.10 Å². The van der Waals surface area contributed by atoms with Gasteiger partial charge >= 0.3 is 0 Å². The molecule has 1 aromatic heterocycles. The molecule has 2 aromatic rings. The monoisotopic (exact) mass is 285 g/mol. The number of phenolic OH excluding ortho intramolecular Hbond substituents is 1. The molecule has 0 aliphatic carbocycles. The van der Waals surface area contributed by atoms with Gasteiger partial charge in [0.2, 0.25) is 0 Å². The van der Waals surface area contributed by atoms with Crippen molar-refractivity contribution in [1.82, 2.24) is 9.78 Å². The van der Waals surface area contributed by atoms with E-state index in [4.69, 9.17) is 5.73 Å². The maximum absolute atomic E-state index is 13.9. The molecule has 0 bridgehead atoms. The average molecular weight is 285 g/mol. The number of nitrogen functional groups attached to an aromatic ring is 1. The molecular formula is C11H12FN3O3S. The molecule has 0 saturated carbocycles. The van der Waals surface area contributed by atoms with E-state index in [0.717, 1.165) is 12.3 Å². The minimum atomic E-state index is -3.74. The highest BCUT2D eigenvalue weighted by Gasteiger charge is 2.21. The number of benzene rings is 1. The van der Waals surface area contributed by atoms with E-state index >= 15 is 0 Å². The lowest BCUT2D eigenvalue weighted by atomic mass is 10.1. The highest BCUT2D eigenvalue weighted by Crippen LogP contribution is 2.34. The Balaban J connectivity index is 2.66. The van der Waals surface area contributed by atoms with Crippen molar-refractivity contribution < 1.29 is 17.9 Å². The second-order valence-corrected chi connectivity index (χ2v) is 6.11. The molecule has 0 amide bonds. The Morgan fingerprint density at radius 3 is 2.53 bits per heavy atom. The van der Waals surface area contributed by atoms with Gasteiger partial charge in [-0.3, -0.25) is 4.68 Å². The summed E-state index contributed by atoms with van der Waals surface area (Å²) in [7, 11) is -2.15. The van der Waals surface area contributed by atoms with E-state index in [9.17, 15) is 17.9 Å². The highest BCUT2D eigenvalue weighted by molar-refractivity contribution is 7.90. The third-order valence-corrected chi connectivity index (χ3v) is 3.79. The van der Waals surface area contributed by atoms with E-state index in [1.807, 2.05) is 0 Å². The molecule has 0 fully saturated rings. The summed E-state index contributed by atoms with van der Waals surface area (Å²) < 4.78 is 37.9. The first kappa shape index (κ1) is 13.3. The van der Waals surface area contributed by atoms with Gasteiger partial charge in [0.05, 0.1) is 5.69 Å². The summed E-state index contributed by atoms with van der Waals surface area (Å²) in [5.74, 6) is -1.62. The van der Waals surface area contributed by atoms with Crippen LogP contribution < -0.4 is 5.73 Å². The molecule has 6 nitrogen and oxygen atoms in total. The van der Waals surface area contributed by atoms with Gasteiger partial charge in [0.25, 0.3) is 0 Å². The molecule has 0 atom stereocenters. The van der Waals surface area contributed by atoms with Crippen molar-refractivity contribution >= 4 is 15.7 Å². The van der Waals surface area contributed by atoms with E-state index in [0.29, 0.717) is 5.82 Å². The van der Waals surface area contributed by atoms with Crippen LogP contribution in [0.3, 0.4) is 0 Å². The number of nitrogens with zero attached hydrogens (tertiary/aromatic N) is 2. The molecule has 19 heavy (non-hydrogen) atoms. The zero-order valence-electron chi connectivity index (χ0n) is 10.3. The van der Waals surface area contributed by atoms with Crippen molar-refractivity contribution in [2.24, 2.45) is 7.05 Å². The number of phenols is 1. The Bertz CT molecular complexity index is 733. The number of anilines is 1. The van der Waals surface area contributed by atoms with Crippen molar-refractivity contribution in [3.05, 3.63) is 24.0 Å². The van der Waals surface area contributed by atoms with Crippen LogP contribution in [0.25, 0.3) is 11.3 Å². The van der Waals surface area contributed by atoms with Crippen LogP contribution in [-0.2, 0) is 16.9 Å². The minimum absolute atomic E-state index is 0.0807. The Labute approximate surface area is 109 Å².